The third-order valence-electron chi connectivity index (χ3n) is 4.14. The van der Waals surface area contributed by atoms with Gasteiger partial charge in [0.25, 0.3) is 0 Å². The second-order valence-electron chi connectivity index (χ2n) is 9.95. The summed E-state index contributed by atoms with van der Waals surface area (Å²) in [6, 6.07) is 5.78. The van der Waals surface area contributed by atoms with Crippen LogP contribution in [0.2, 0.25) is 0 Å². The average Bonchev–Trinajstić information content (AvgIpc) is 2.63. The summed E-state index contributed by atoms with van der Waals surface area (Å²) < 4.78 is 39.5. The zero-order chi connectivity index (χ0) is 26.2. The Hall–Kier alpha value is -2.66. The van der Waals surface area contributed by atoms with E-state index in [1.165, 1.54) is 0 Å². The van der Waals surface area contributed by atoms with Gasteiger partial charge in [-0.25, -0.2) is 4.72 Å². The number of rotatable bonds is 11. The van der Waals surface area contributed by atoms with E-state index in [9.17, 15) is 22.8 Å². The minimum Gasteiger partial charge on any atom is -0.460 e. The Labute approximate surface area is 202 Å². The standard InChI is InChI=1S/C23H37N3O7S/c1-22(2,3)32-20(28)15-14-18(21(29)33-23(4,5)6)25-34(30,31)26-19(27)9-7-8-16-10-12-17(24)13-11-16/h10-13,18,25H,7-9,14-15,24H2,1-6H3,(H,26,27)/t18-/m0/s1. The third kappa shape index (κ3) is 13.1. The number of benzene rings is 1. The third-order valence-corrected chi connectivity index (χ3v) is 5.23. The fraction of sp³-hybridized carbons (Fsp3) is 0.609. The van der Waals surface area contributed by atoms with Crippen molar-refractivity contribution in [3.63, 3.8) is 0 Å². The number of amides is 1. The zero-order valence-corrected chi connectivity index (χ0v) is 21.6. The van der Waals surface area contributed by atoms with Gasteiger partial charge in [0, 0.05) is 18.5 Å². The number of anilines is 1. The van der Waals surface area contributed by atoms with Gasteiger partial charge in [0.05, 0.1) is 0 Å². The molecule has 0 aliphatic rings. The molecule has 1 aromatic rings. The van der Waals surface area contributed by atoms with Crippen molar-refractivity contribution in [3.05, 3.63) is 29.8 Å². The number of nitrogen functional groups attached to an aromatic ring is 1. The maximum absolute atomic E-state index is 12.6. The minimum absolute atomic E-state index is 0.0414. The van der Waals surface area contributed by atoms with E-state index >= 15 is 0 Å². The number of hydrogen-bond donors (Lipinski definition) is 3. The quantitative estimate of drug-likeness (QED) is 0.310. The number of carbonyl (C=O) groups excluding carboxylic acids is 3. The minimum atomic E-state index is -4.38. The first-order valence-corrected chi connectivity index (χ1v) is 12.6. The Balaban J connectivity index is 2.72. The fourth-order valence-electron chi connectivity index (χ4n) is 2.81. The van der Waals surface area contributed by atoms with Crippen molar-refractivity contribution in [2.45, 2.75) is 90.9 Å². The first kappa shape index (κ1) is 29.4. The predicted octanol–water partition coefficient (Wildman–Crippen LogP) is 2.37. The molecule has 10 nitrogen and oxygen atoms in total. The van der Waals surface area contributed by atoms with Crippen LogP contribution in [0.4, 0.5) is 5.69 Å². The van der Waals surface area contributed by atoms with E-state index in [2.05, 4.69) is 4.72 Å². The van der Waals surface area contributed by atoms with Gasteiger partial charge in [-0.15, -0.1) is 0 Å². The van der Waals surface area contributed by atoms with Crippen LogP contribution in [0, 0.1) is 0 Å². The van der Waals surface area contributed by atoms with Crippen molar-refractivity contribution in [3.8, 4) is 0 Å². The van der Waals surface area contributed by atoms with Gasteiger partial charge in [0.1, 0.15) is 17.2 Å². The van der Waals surface area contributed by atoms with E-state index in [-0.39, 0.29) is 19.3 Å². The molecule has 0 aliphatic heterocycles. The Kier molecular flexibility index (Phi) is 10.5. The van der Waals surface area contributed by atoms with E-state index in [1.807, 2.05) is 16.9 Å². The molecule has 34 heavy (non-hydrogen) atoms. The summed E-state index contributed by atoms with van der Waals surface area (Å²) in [7, 11) is -4.38. The van der Waals surface area contributed by atoms with Crippen LogP contribution >= 0.6 is 0 Å². The first-order valence-electron chi connectivity index (χ1n) is 11.1. The van der Waals surface area contributed by atoms with Crippen LogP contribution < -0.4 is 15.2 Å². The van der Waals surface area contributed by atoms with Crippen LogP contribution in [0.5, 0.6) is 0 Å². The van der Waals surface area contributed by atoms with Crippen LogP contribution in [0.3, 0.4) is 0 Å². The van der Waals surface area contributed by atoms with Gasteiger partial charge in [-0.1, -0.05) is 12.1 Å². The Bertz CT molecular complexity index is 946. The van der Waals surface area contributed by atoms with Gasteiger partial charge in [-0.2, -0.15) is 13.1 Å². The zero-order valence-electron chi connectivity index (χ0n) is 20.8. The summed E-state index contributed by atoms with van der Waals surface area (Å²) >= 11 is 0. The number of nitrogens with two attached hydrogens (primary N) is 1. The fourth-order valence-corrected chi connectivity index (χ4v) is 3.86. The predicted molar refractivity (Wildman–Crippen MR) is 129 cm³/mol. The monoisotopic (exact) mass is 499 g/mol. The number of esters is 2. The normalized spacial score (nSPS) is 13.1. The molecule has 0 radical (unpaired) electrons. The van der Waals surface area contributed by atoms with Crippen LogP contribution in [0.15, 0.2) is 24.3 Å². The Morgan fingerprint density at radius 1 is 0.941 bits per heavy atom. The summed E-state index contributed by atoms with van der Waals surface area (Å²) in [6.07, 6.45) is 0.520. The molecule has 1 amide bonds. The number of hydrogen-bond acceptors (Lipinski definition) is 8. The molecule has 1 atom stereocenters. The summed E-state index contributed by atoms with van der Waals surface area (Å²) in [6.45, 7) is 9.98. The molecule has 0 unspecified atom stereocenters. The molecule has 0 heterocycles. The average molecular weight is 500 g/mol. The molecule has 0 aliphatic carbocycles. The van der Waals surface area contributed by atoms with Crippen molar-refractivity contribution in [2.24, 2.45) is 0 Å². The van der Waals surface area contributed by atoms with Crippen molar-refractivity contribution in [2.75, 3.05) is 5.73 Å². The Morgan fingerprint density at radius 2 is 1.50 bits per heavy atom. The molecule has 0 spiro atoms. The van der Waals surface area contributed by atoms with E-state index in [0.29, 0.717) is 18.5 Å². The lowest BCUT2D eigenvalue weighted by Crippen LogP contribution is -2.50. The topological polar surface area (TPSA) is 154 Å². The maximum Gasteiger partial charge on any atom is 0.324 e. The van der Waals surface area contributed by atoms with E-state index in [0.717, 1.165) is 5.56 Å². The lowest BCUT2D eigenvalue weighted by molar-refractivity contribution is -0.158. The molecule has 11 heteroatoms. The maximum atomic E-state index is 12.6. The highest BCUT2D eigenvalue weighted by molar-refractivity contribution is 7.88. The summed E-state index contributed by atoms with van der Waals surface area (Å²) in [5.41, 5.74) is 5.63. The second kappa shape index (κ2) is 12.2. The van der Waals surface area contributed by atoms with Crippen molar-refractivity contribution in [1.82, 2.24) is 9.44 Å². The molecule has 192 valence electrons. The molecule has 4 N–H and O–H groups in total. The molecule has 0 aromatic heterocycles. The van der Waals surface area contributed by atoms with Crippen molar-refractivity contribution >= 4 is 33.7 Å². The van der Waals surface area contributed by atoms with Gasteiger partial charge in [-0.3, -0.25) is 14.4 Å². The summed E-state index contributed by atoms with van der Waals surface area (Å²) in [4.78, 5) is 36.8. The van der Waals surface area contributed by atoms with Gasteiger partial charge < -0.3 is 15.2 Å². The molecule has 0 fully saturated rings. The number of aryl methyl sites for hydroxylation is 1. The van der Waals surface area contributed by atoms with Gasteiger partial charge in [0.2, 0.25) is 5.91 Å². The van der Waals surface area contributed by atoms with E-state index in [4.69, 9.17) is 15.2 Å². The lowest BCUT2D eigenvalue weighted by Gasteiger charge is -2.25. The molecule has 1 rings (SSSR count). The molecule has 0 saturated carbocycles. The highest BCUT2D eigenvalue weighted by Gasteiger charge is 2.31. The van der Waals surface area contributed by atoms with E-state index < -0.39 is 45.3 Å². The van der Waals surface area contributed by atoms with E-state index in [1.54, 1.807) is 53.7 Å². The van der Waals surface area contributed by atoms with Crippen molar-refractivity contribution in [1.29, 1.82) is 0 Å². The lowest BCUT2D eigenvalue weighted by atomic mass is 10.1. The van der Waals surface area contributed by atoms with Crippen LogP contribution in [0.1, 0.15) is 72.8 Å². The highest BCUT2D eigenvalue weighted by atomic mass is 32.2. The molecular formula is C23H37N3O7S. The highest BCUT2D eigenvalue weighted by Crippen LogP contribution is 2.14. The molecule has 1 aromatic carbocycles. The number of nitrogens with one attached hydrogen (secondary N) is 2. The second-order valence-corrected chi connectivity index (χ2v) is 11.4. The summed E-state index contributed by atoms with van der Waals surface area (Å²) in [5.74, 6) is -2.18. The van der Waals surface area contributed by atoms with Crippen LogP contribution in [0.25, 0.3) is 0 Å². The first-order chi connectivity index (χ1) is 15.5. The largest absolute Gasteiger partial charge is 0.460 e. The number of ether oxygens (including phenoxy) is 2. The van der Waals surface area contributed by atoms with Gasteiger partial charge in [0.15, 0.2) is 0 Å². The molecular weight excluding hydrogens is 462 g/mol. The summed E-state index contributed by atoms with van der Waals surface area (Å²) in [5, 5.41) is 0. The van der Waals surface area contributed by atoms with Crippen LogP contribution in [-0.4, -0.2) is 43.5 Å². The van der Waals surface area contributed by atoms with Gasteiger partial charge in [-0.05, 0) is 78.5 Å². The van der Waals surface area contributed by atoms with Gasteiger partial charge >= 0.3 is 22.1 Å². The van der Waals surface area contributed by atoms with Crippen LogP contribution in [-0.2, 0) is 40.5 Å². The smallest absolute Gasteiger partial charge is 0.324 e. The number of carbonyl (C=O) groups is 3. The molecule has 0 bridgehead atoms. The Morgan fingerprint density at radius 3 is 2.03 bits per heavy atom. The SMILES string of the molecule is CC(C)(C)OC(=O)CC[C@H](NS(=O)(=O)NC(=O)CCCc1ccc(N)cc1)C(=O)OC(C)(C)C. The van der Waals surface area contributed by atoms with Crippen molar-refractivity contribution < 1.29 is 32.3 Å². The molecule has 0 saturated heterocycles.